The molecule has 3 amide bonds. The Morgan fingerprint density at radius 3 is 2.32 bits per heavy atom. The third-order valence-electron chi connectivity index (χ3n) is 4.00. The van der Waals surface area contributed by atoms with Gasteiger partial charge in [-0.2, -0.15) is 0 Å². The van der Waals surface area contributed by atoms with Gasteiger partial charge in [-0.3, -0.25) is 19.8 Å². The summed E-state index contributed by atoms with van der Waals surface area (Å²) in [7, 11) is 2.85. The molecule has 0 radical (unpaired) electrons. The second-order valence-corrected chi connectivity index (χ2v) is 7.36. The quantitative estimate of drug-likeness (QED) is 0.156. The Kier molecular flexibility index (Phi) is 8.31. The van der Waals surface area contributed by atoms with Crippen molar-refractivity contribution in [3.05, 3.63) is 74.4 Å². The van der Waals surface area contributed by atoms with Crippen molar-refractivity contribution in [1.82, 2.24) is 16.2 Å². The summed E-state index contributed by atoms with van der Waals surface area (Å²) >= 11 is 1.19. The third-order valence-corrected chi connectivity index (χ3v) is 5.12. The molecule has 0 saturated heterocycles. The molecule has 31 heavy (non-hydrogen) atoms. The average Bonchev–Trinajstić information content (AvgIpc) is 2.77. The summed E-state index contributed by atoms with van der Waals surface area (Å²) in [5.74, 6) is -1.74. The highest BCUT2D eigenvalue weighted by molar-refractivity contribution is 8.07. The summed E-state index contributed by atoms with van der Waals surface area (Å²) in [6, 6.07) is 5.11. The van der Waals surface area contributed by atoms with Gasteiger partial charge in [0.15, 0.2) is 17.3 Å². The third kappa shape index (κ3) is 6.15. The lowest BCUT2D eigenvalue weighted by Gasteiger charge is -2.17. The van der Waals surface area contributed by atoms with Crippen molar-refractivity contribution in [3.8, 4) is 0 Å². The molecule has 3 N–H and O–H groups in total. The number of carbonyl (C=O) groups excluding carboxylic acids is 4. The van der Waals surface area contributed by atoms with Crippen LogP contribution in [0, 0.1) is 6.57 Å². The number of Topliss-reactive ketones (excluding diaryl/α,β-unsaturated/α-hetero) is 2. The standard InChI is InChI=1S/C21H20N4O5S/c1-12(26)17-10-14(9-16(31-17)11-30-4)18(20(28)24-25-21(29)23-3)19(27)13-5-7-15(22-2)8-6-13/h5-10H,11H2,1,3-4H3,(H,24,28)(H2,23,25,29). The van der Waals surface area contributed by atoms with Crippen molar-refractivity contribution in [1.29, 1.82) is 0 Å². The van der Waals surface area contributed by atoms with E-state index >= 15 is 0 Å². The van der Waals surface area contributed by atoms with Crippen LogP contribution in [0.1, 0.15) is 17.3 Å². The highest BCUT2D eigenvalue weighted by atomic mass is 32.2. The van der Waals surface area contributed by atoms with Gasteiger partial charge in [0.1, 0.15) is 0 Å². The van der Waals surface area contributed by atoms with Crippen molar-refractivity contribution in [2.45, 2.75) is 6.92 Å². The van der Waals surface area contributed by atoms with Crippen LogP contribution in [0.2, 0.25) is 0 Å². The summed E-state index contributed by atoms with van der Waals surface area (Å²) < 4.78 is 5.13. The summed E-state index contributed by atoms with van der Waals surface area (Å²) in [6.07, 6.45) is 3.03. The number of ether oxygens (including phenoxy) is 1. The summed E-state index contributed by atoms with van der Waals surface area (Å²) in [6.45, 7) is 8.59. The number of hydrogen-bond donors (Lipinski definition) is 3. The number of hydrogen-bond acceptors (Lipinski definition) is 6. The zero-order valence-corrected chi connectivity index (χ0v) is 17.9. The van der Waals surface area contributed by atoms with Crippen LogP contribution in [0.15, 0.2) is 57.4 Å². The maximum absolute atomic E-state index is 13.2. The normalized spacial score (nSPS) is 14.4. The second kappa shape index (κ2) is 10.9. The molecule has 10 heteroatoms. The molecule has 0 unspecified atom stereocenters. The molecule has 0 bridgehead atoms. The molecule has 0 saturated carbocycles. The van der Waals surface area contributed by atoms with Crippen LogP contribution in [-0.4, -0.2) is 44.3 Å². The fourth-order valence-corrected chi connectivity index (χ4v) is 3.50. The Bertz CT molecular complexity index is 1050. The number of allylic oxidation sites excluding steroid dienone is 4. The first kappa shape index (κ1) is 23.6. The fraction of sp³-hybridized carbons (Fsp3) is 0.190. The fourth-order valence-electron chi connectivity index (χ4n) is 2.52. The monoisotopic (exact) mass is 440 g/mol. The maximum Gasteiger partial charge on any atom is 0.333 e. The van der Waals surface area contributed by atoms with Gasteiger partial charge in [0.25, 0.3) is 5.91 Å². The predicted octanol–water partition coefficient (Wildman–Crippen LogP) is 2.43. The first-order chi connectivity index (χ1) is 14.8. The molecule has 1 aromatic carbocycles. The van der Waals surface area contributed by atoms with Gasteiger partial charge in [-0.05, 0) is 24.6 Å². The Morgan fingerprint density at radius 2 is 1.77 bits per heavy atom. The van der Waals surface area contributed by atoms with Crippen molar-refractivity contribution < 1.29 is 23.9 Å². The van der Waals surface area contributed by atoms with E-state index in [1.807, 2.05) is 0 Å². The lowest BCUT2D eigenvalue weighted by atomic mass is 9.96. The Labute approximate surface area is 183 Å². The Balaban J connectivity index is 2.60. The number of nitrogens with one attached hydrogen (secondary N) is 3. The number of benzene rings is 1. The largest absolute Gasteiger partial charge is 0.379 e. The van der Waals surface area contributed by atoms with Gasteiger partial charge in [0.2, 0.25) is 0 Å². The van der Waals surface area contributed by atoms with Crippen molar-refractivity contribution in [2.75, 3.05) is 20.8 Å². The summed E-state index contributed by atoms with van der Waals surface area (Å²) in [5, 5.41) is 2.28. The van der Waals surface area contributed by atoms with Gasteiger partial charge in [-0.1, -0.05) is 36.0 Å². The van der Waals surface area contributed by atoms with Crippen LogP contribution in [-0.2, 0) is 14.3 Å². The van der Waals surface area contributed by atoms with Crippen LogP contribution in [0.3, 0.4) is 0 Å². The molecule has 0 spiro atoms. The Morgan fingerprint density at radius 1 is 1.10 bits per heavy atom. The van der Waals surface area contributed by atoms with E-state index in [-0.39, 0.29) is 29.1 Å². The number of amides is 3. The maximum atomic E-state index is 13.2. The van der Waals surface area contributed by atoms with Gasteiger partial charge < -0.3 is 10.1 Å². The van der Waals surface area contributed by atoms with E-state index in [9.17, 15) is 19.2 Å². The number of thioether (sulfide) groups is 1. The molecular weight excluding hydrogens is 420 g/mol. The minimum atomic E-state index is -0.864. The van der Waals surface area contributed by atoms with Crippen LogP contribution >= 0.6 is 11.8 Å². The summed E-state index contributed by atoms with van der Waals surface area (Å²) in [4.78, 5) is 53.8. The van der Waals surface area contributed by atoms with Gasteiger partial charge >= 0.3 is 6.03 Å². The molecule has 0 atom stereocenters. The first-order valence-electron chi connectivity index (χ1n) is 8.95. The number of hydrazine groups is 1. The Hall–Kier alpha value is -3.68. The molecule has 9 nitrogen and oxygen atoms in total. The smallest absolute Gasteiger partial charge is 0.333 e. The molecule has 160 valence electrons. The SMILES string of the molecule is [C-]#[N+]c1ccc(C(=O)C(C(=O)NNC(=O)NC)=C2C=C(COC)SC(C(C)=O)=C2)cc1. The average molecular weight is 440 g/mol. The van der Waals surface area contributed by atoms with Crippen molar-refractivity contribution in [3.63, 3.8) is 0 Å². The molecule has 0 aromatic heterocycles. The van der Waals surface area contributed by atoms with Gasteiger partial charge in [-0.15, -0.1) is 0 Å². The molecule has 1 aromatic rings. The van der Waals surface area contributed by atoms with Gasteiger partial charge in [0, 0.05) is 24.6 Å². The second-order valence-electron chi connectivity index (χ2n) is 6.19. The minimum Gasteiger partial charge on any atom is -0.379 e. The van der Waals surface area contributed by atoms with Crippen molar-refractivity contribution >= 4 is 41.0 Å². The molecule has 1 aliphatic heterocycles. The van der Waals surface area contributed by atoms with E-state index in [4.69, 9.17) is 11.3 Å². The minimum absolute atomic E-state index is 0.169. The molecule has 0 fully saturated rings. The lowest BCUT2D eigenvalue weighted by molar-refractivity contribution is -0.118. The van der Waals surface area contributed by atoms with E-state index in [1.54, 1.807) is 6.08 Å². The molecular formula is C21H20N4O5S. The number of carbonyl (C=O) groups is 4. The predicted molar refractivity (Wildman–Crippen MR) is 116 cm³/mol. The lowest BCUT2D eigenvalue weighted by Crippen LogP contribution is -2.47. The van der Waals surface area contributed by atoms with Gasteiger partial charge in [0.05, 0.1) is 23.7 Å². The zero-order valence-electron chi connectivity index (χ0n) is 17.1. The topological polar surface area (TPSA) is 118 Å². The molecule has 1 aliphatic rings. The van der Waals surface area contributed by atoms with E-state index in [0.717, 1.165) is 0 Å². The summed E-state index contributed by atoms with van der Waals surface area (Å²) in [5.41, 5.74) is 4.75. The van der Waals surface area contributed by atoms with Crippen LogP contribution in [0.4, 0.5) is 10.5 Å². The van der Waals surface area contributed by atoms with E-state index in [1.165, 1.54) is 63.2 Å². The highest BCUT2D eigenvalue weighted by Gasteiger charge is 2.26. The molecule has 2 rings (SSSR count). The first-order valence-corrected chi connectivity index (χ1v) is 9.76. The number of methoxy groups -OCH3 is 1. The highest BCUT2D eigenvalue weighted by Crippen LogP contribution is 2.35. The number of ketones is 2. The molecule has 1 heterocycles. The van der Waals surface area contributed by atoms with Crippen LogP contribution < -0.4 is 16.2 Å². The van der Waals surface area contributed by atoms with Crippen molar-refractivity contribution in [2.24, 2.45) is 0 Å². The number of nitrogens with zero attached hydrogens (tertiary/aromatic N) is 1. The number of urea groups is 1. The van der Waals surface area contributed by atoms with E-state index in [0.29, 0.717) is 15.5 Å². The van der Waals surface area contributed by atoms with Gasteiger partial charge in [-0.25, -0.2) is 15.1 Å². The van der Waals surface area contributed by atoms with E-state index in [2.05, 4.69) is 21.0 Å². The number of rotatable bonds is 6. The molecule has 0 aliphatic carbocycles. The van der Waals surface area contributed by atoms with Crippen LogP contribution in [0.5, 0.6) is 0 Å². The van der Waals surface area contributed by atoms with E-state index < -0.39 is 17.7 Å². The zero-order chi connectivity index (χ0) is 23.0. The van der Waals surface area contributed by atoms with Crippen LogP contribution in [0.25, 0.3) is 4.85 Å².